The number of fused-ring (bicyclic) bond motifs is 1. The zero-order valence-corrected chi connectivity index (χ0v) is 11.6. The molecule has 0 unspecified atom stereocenters. The minimum Gasteiger partial charge on any atom is -0.349 e. The van der Waals surface area contributed by atoms with E-state index in [0.29, 0.717) is 5.56 Å². The van der Waals surface area contributed by atoms with Crippen LogP contribution in [0.25, 0.3) is 0 Å². The first-order valence-corrected chi connectivity index (χ1v) is 7.09. The maximum Gasteiger partial charge on any atom is 0.253 e. The summed E-state index contributed by atoms with van der Waals surface area (Å²) in [7, 11) is 0. The van der Waals surface area contributed by atoms with Crippen LogP contribution >= 0.6 is 0 Å². The number of nitrogens with zero attached hydrogens (tertiary/aromatic N) is 1. The standard InChI is InChI=1S/C17H18N2O/c1-2-16-15(8-5-9-18-16)17(20)19-14-10-12-6-3-4-7-13(12)11-14/h3-9,14H,2,10-11H2,1H3,(H,19,20). The summed E-state index contributed by atoms with van der Waals surface area (Å²) in [5.41, 5.74) is 4.26. The monoisotopic (exact) mass is 266 g/mol. The molecule has 1 aromatic carbocycles. The highest BCUT2D eigenvalue weighted by Crippen LogP contribution is 2.22. The summed E-state index contributed by atoms with van der Waals surface area (Å²) < 4.78 is 0. The molecule has 1 heterocycles. The molecule has 3 rings (SSSR count). The first kappa shape index (κ1) is 12.9. The molecule has 1 aliphatic carbocycles. The average Bonchev–Trinajstić information content (AvgIpc) is 2.89. The van der Waals surface area contributed by atoms with Gasteiger partial charge in [0.05, 0.1) is 11.3 Å². The van der Waals surface area contributed by atoms with Gasteiger partial charge >= 0.3 is 0 Å². The van der Waals surface area contributed by atoms with E-state index < -0.39 is 0 Å². The van der Waals surface area contributed by atoms with Gasteiger partial charge in [-0.05, 0) is 42.5 Å². The third kappa shape index (κ3) is 2.44. The highest BCUT2D eigenvalue weighted by molar-refractivity contribution is 5.95. The Hall–Kier alpha value is -2.16. The average molecular weight is 266 g/mol. The van der Waals surface area contributed by atoms with E-state index in [1.807, 2.05) is 19.1 Å². The number of carbonyl (C=O) groups is 1. The highest BCUT2D eigenvalue weighted by atomic mass is 16.1. The van der Waals surface area contributed by atoms with Gasteiger partial charge in [0, 0.05) is 12.2 Å². The first-order valence-electron chi connectivity index (χ1n) is 7.09. The molecule has 0 radical (unpaired) electrons. The Morgan fingerprint density at radius 3 is 2.55 bits per heavy atom. The predicted molar refractivity (Wildman–Crippen MR) is 78.7 cm³/mol. The van der Waals surface area contributed by atoms with Crippen LogP contribution in [0.5, 0.6) is 0 Å². The van der Waals surface area contributed by atoms with Gasteiger partial charge in [-0.25, -0.2) is 0 Å². The molecule has 1 aromatic heterocycles. The Kier molecular flexibility index (Phi) is 3.50. The van der Waals surface area contributed by atoms with Crippen molar-refractivity contribution in [2.45, 2.75) is 32.2 Å². The van der Waals surface area contributed by atoms with Crippen LogP contribution in [0.4, 0.5) is 0 Å². The van der Waals surface area contributed by atoms with Crippen molar-refractivity contribution in [3.63, 3.8) is 0 Å². The molecule has 2 aromatic rings. The summed E-state index contributed by atoms with van der Waals surface area (Å²) in [6.07, 6.45) is 4.35. The maximum atomic E-state index is 12.4. The second-order valence-electron chi connectivity index (χ2n) is 5.20. The number of carbonyl (C=O) groups excluding carboxylic acids is 1. The molecule has 1 amide bonds. The summed E-state index contributed by atoms with van der Waals surface area (Å²) in [5.74, 6) is -0.00671. The van der Waals surface area contributed by atoms with E-state index in [4.69, 9.17) is 0 Å². The van der Waals surface area contributed by atoms with Gasteiger partial charge in [-0.1, -0.05) is 31.2 Å². The summed E-state index contributed by atoms with van der Waals surface area (Å²) in [6, 6.07) is 12.3. The first-order chi connectivity index (χ1) is 9.78. The van der Waals surface area contributed by atoms with Crippen molar-refractivity contribution in [2.24, 2.45) is 0 Å². The molecule has 3 heteroatoms. The lowest BCUT2D eigenvalue weighted by atomic mass is 10.1. The number of rotatable bonds is 3. The Labute approximate surface area is 119 Å². The molecule has 20 heavy (non-hydrogen) atoms. The van der Waals surface area contributed by atoms with Gasteiger partial charge in [-0.15, -0.1) is 0 Å². The van der Waals surface area contributed by atoms with Crippen LogP contribution in [-0.2, 0) is 19.3 Å². The van der Waals surface area contributed by atoms with Gasteiger partial charge in [0.2, 0.25) is 0 Å². The van der Waals surface area contributed by atoms with Crippen molar-refractivity contribution in [1.29, 1.82) is 0 Å². The molecule has 0 fully saturated rings. The van der Waals surface area contributed by atoms with Crippen molar-refractivity contribution in [2.75, 3.05) is 0 Å². The molecule has 0 aliphatic heterocycles. The molecule has 0 saturated carbocycles. The number of hydrogen-bond donors (Lipinski definition) is 1. The number of aromatic nitrogens is 1. The van der Waals surface area contributed by atoms with E-state index in [2.05, 4.69) is 34.6 Å². The van der Waals surface area contributed by atoms with Gasteiger partial charge in [0.15, 0.2) is 0 Å². The largest absolute Gasteiger partial charge is 0.349 e. The van der Waals surface area contributed by atoms with Crippen LogP contribution in [-0.4, -0.2) is 16.9 Å². The number of aryl methyl sites for hydroxylation is 1. The minimum absolute atomic E-state index is 0.00671. The maximum absolute atomic E-state index is 12.4. The molecule has 0 spiro atoms. The number of amides is 1. The van der Waals surface area contributed by atoms with E-state index in [1.54, 1.807) is 6.20 Å². The van der Waals surface area contributed by atoms with E-state index in [-0.39, 0.29) is 11.9 Å². The SMILES string of the molecule is CCc1ncccc1C(=O)NC1Cc2ccccc2C1. The van der Waals surface area contributed by atoms with Crippen LogP contribution in [0.15, 0.2) is 42.6 Å². The van der Waals surface area contributed by atoms with Gasteiger partial charge in [-0.3, -0.25) is 9.78 Å². The Morgan fingerprint density at radius 1 is 1.20 bits per heavy atom. The number of benzene rings is 1. The van der Waals surface area contributed by atoms with Crippen LogP contribution in [0, 0.1) is 0 Å². The fraction of sp³-hybridized carbons (Fsp3) is 0.294. The van der Waals surface area contributed by atoms with Gasteiger partial charge < -0.3 is 5.32 Å². The predicted octanol–water partition coefficient (Wildman–Crippen LogP) is 2.54. The summed E-state index contributed by atoms with van der Waals surface area (Å²) in [6.45, 7) is 2.02. The van der Waals surface area contributed by atoms with Crippen LogP contribution in [0.2, 0.25) is 0 Å². The van der Waals surface area contributed by atoms with Crippen LogP contribution < -0.4 is 5.32 Å². The normalized spacial score (nSPS) is 14.1. The van der Waals surface area contributed by atoms with Crippen molar-refractivity contribution in [1.82, 2.24) is 10.3 Å². The lowest BCUT2D eigenvalue weighted by Crippen LogP contribution is -2.35. The molecule has 1 N–H and O–H groups in total. The molecule has 0 atom stereocenters. The zero-order chi connectivity index (χ0) is 13.9. The third-order valence-corrected chi connectivity index (χ3v) is 3.86. The minimum atomic E-state index is -0.00671. The second-order valence-corrected chi connectivity index (χ2v) is 5.20. The van der Waals surface area contributed by atoms with Crippen molar-refractivity contribution < 1.29 is 4.79 Å². The smallest absolute Gasteiger partial charge is 0.253 e. The zero-order valence-electron chi connectivity index (χ0n) is 11.6. The third-order valence-electron chi connectivity index (χ3n) is 3.86. The van der Waals surface area contributed by atoms with Crippen LogP contribution in [0.1, 0.15) is 34.1 Å². The van der Waals surface area contributed by atoms with E-state index in [1.165, 1.54) is 11.1 Å². The molecular formula is C17H18N2O. The van der Waals surface area contributed by atoms with E-state index >= 15 is 0 Å². The number of pyridine rings is 1. The summed E-state index contributed by atoms with van der Waals surface area (Å²) in [4.78, 5) is 16.7. The fourth-order valence-electron chi connectivity index (χ4n) is 2.85. The van der Waals surface area contributed by atoms with E-state index in [0.717, 1.165) is 25.0 Å². The van der Waals surface area contributed by atoms with Gasteiger partial charge in [-0.2, -0.15) is 0 Å². The van der Waals surface area contributed by atoms with Gasteiger partial charge in [0.1, 0.15) is 0 Å². The van der Waals surface area contributed by atoms with Crippen molar-refractivity contribution >= 4 is 5.91 Å². The summed E-state index contributed by atoms with van der Waals surface area (Å²) in [5, 5.41) is 3.14. The van der Waals surface area contributed by atoms with Crippen LogP contribution in [0.3, 0.4) is 0 Å². The van der Waals surface area contributed by atoms with Crippen molar-refractivity contribution in [3.05, 3.63) is 65.0 Å². The second kappa shape index (κ2) is 5.45. The molecule has 0 bridgehead atoms. The van der Waals surface area contributed by atoms with Gasteiger partial charge in [0.25, 0.3) is 5.91 Å². The fourth-order valence-corrected chi connectivity index (χ4v) is 2.85. The Morgan fingerprint density at radius 2 is 1.90 bits per heavy atom. The Balaban J connectivity index is 1.72. The quantitative estimate of drug-likeness (QED) is 0.927. The molecule has 3 nitrogen and oxygen atoms in total. The lowest BCUT2D eigenvalue weighted by Gasteiger charge is -2.13. The van der Waals surface area contributed by atoms with Crippen molar-refractivity contribution in [3.8, 4) is 0 Å². The summed E-state index contributed by atoms with van der Waals surface area (Å²) >= 11 is 0. The molecule has 102 valence electrons. The lowest BCUT2D eigenvalue weighted by molar-refractivity contribution is 0.0937. The number of nitrogens with one attached hydrogen (secondary N) is 1. The highest BCUT2D eigenvalue weighted by Gasteiger charge is 2.23. The Bertz CT molecular complexity index is 611. The molecule has 1 aliphatic rings. The number of hydrogen-bond acceptors (Lipinski definition) is 2. The topological polar surface area (TPSA) is 42.0 Å². The molecular weight excluding hydrogens is 248 g/mol. The van der Waals surface area contributed by atoms with E-state index in [9.17, 15) is 4.79 Å². The molecule has 0 saturated heterocycles.